The molecule has 3 aromatic rings. The Morgan fingerprint density at radius 3 is 1.39 bits per heavy atom. The molecule has 0 bridgehead atoms. The second kappa shape index (κ2) is 4.36. The average Bonchev–Trinajstić information content (AvgIpc) is 2.36. The van der Waals surface area contributed by atoms with Crippen molar-refractivity contribution in [2.24, 2.45) is 0 Å². The molecule has 0 N–H and O–H groups in total. The van der Waals surface area contributed by atoms with Crippen LogP contribution in [0.2, 0.25) is 0 Å². The predicted molar refractivity (Wildman–Crippen MR) is 86.3 cm³/mol. The minimum atomic E-state index is 1.12. The molecular formula is C16H12Br2. The lowest BCUT2D eigenvalue weighted by molar-refractivity contribution is 1.41. The van der Waals surface area contributed by atoms with Crippen LogP contribution in [-0.2, 0) is 0 Å². The van der Waals surface area contributed by atoms with E-state index >= 15 is 0 Å². The fourth-order valence-corrected chi connectivity index (χ4v) is 3.26. The molecule has 18 heavy (non-hydrogen) atoms. The molecule has 0 aliphatic rings. The van der Waals surface area contributed by atoms with Crippen molar-refractivity contribution in [2.75, 3.05) is 0 Å². The second-order valence-electron chi connectivity index (χ2n) is 4.63. The third-order valence-corrected chi connectivity index (χ3v) is 4.61. The van der Waals surface area contributed by atoms with Crippen molar-refractivity contribution >= 4 is 53.4 Å². The summed E-state index contributed by atoms with van der Waals surface area (Å²) in [6, 6.07) is 13.0. The lowest BCUT2D eigenvalue weighted by atomic mass is 9.93. The third kappa shape index (κ3) is 1.79. The molecule has 0 aliphatic carbocycles. The Labute approximate surface area is 123 Å². The topological polar surface area (TPSA) is 0 Å². The van der Waals surface area contributed by atoms with Crippen molar-refractivity contribution in [2.45, 2.75) is 13.8 Å². The highest BCUT2D eigenvalue weighted by Crippen LogP contribution is 2.35. The Balaban J connectivity index is 2.64. The molecule has 0 amide bonds. The summed E-state index contributed by atoms with van der Waals surface area (Å²) in [4.78, 5) is 0. The minimum absolute atomic E-state index is 1.12. The molecule has 0 saturated carbocycles. The van der Waals surface area contributed by atoms with Crippen LogP contribution >= 0.6 is 31.9 Å². The van der Waals surface area contributed by atoms with E-state index in [1.807, 2.05) is 0 Å². The van der Waals surface area contributed by atoms with Crippen molar-refractivity contribution < 1.29 is 0 Å². The van der Waals surface area contributed by atoms with Crippen molar-refractivity contribution in [3.63, 3.8) is 0 Å². The van der Waals surface area contributed by atoms with Gasteiger partial charge in [0.15, 0.2) is 0 Å². The highest BCUT2D eigenvalue weighted by Gasteiger charge is 2.09. The average molecular weight is 364 g/mol. The van der Waals surface area contributed by atoms with Crippen molar-refractivity contribution in [3.05, 3.63) is 56.5 Å². The van der Waals surface area contributed by atoms with Crippen LogP contribution in [0.15, 0.2) is 45.3 Å². The summed E-state index contributed by atoms with van der Waals surface area (Å²) in [5.74, 6) is 0. The molecular weight excluding hydrogens is 352 g/mol. The van der Waals surface area contributed by atoms with E-state index in [9.17, 15) is 0 Å². The number of hydrogen-bond acceptors (Lipinski definition) is 0. The number of aryl methyl sites for hydroxylation is 2. The fraction of sp³-hybridized carbons (Fsp3) is 0.125. The van der Waals surface area contributed by atoms with E-state index in [0.717, 1.165) is 8.95 Å². The Morgan fingerprint density at radius 2 is 1.00 bits per heavy atom. The normalized spacial score (nSPS) is 11.3. The molecule has 0 fully saturated rings. The van der Waals surface area contributed by atoms with Gasteiger partial charge in [-0.25, -0.2) is 0 Å². The van der Waals surface area contributed by atoms with E-state index in [2.05, 4.69) is 82.1 Å². The first-order chi connectivity index (χ1) is 8.58. The van der Waals surface area contributed by atoms with Crippen LogP contribution in [0.25, 0.3) is 21.5 Å². The lowest BCUT2D eigenvalue weighted by Crippen LogP contribution is -1.88. The van der Waals surface area contributed by atoms with Gasteiger partial charge in [0, 0.05) is 8.95 Å². The van der Waals surface area contributed by atoms with Crippen LogP contribution in [0.4, 0.5) is 0 Å². The first-order valence-corrected chi connectivity index (χ1v) is 7.44. The molecule has 0 saturated heterocycles. The maximum absolute atomic E-state index is 3.57. The molecule has 2 heteroatoms. The zero-order chi connectivity index (χ0) is 12.9. The zero-order valence-corrected chi connectivity index (χ0v) is 13.4. The van der Waals surface area contributed by atoms with Gasteiger partial charge in [-0.1, -0.05) is 44.0 Å². The summed E-state index contributed by atoms with van der Waals surface area (Å²) in [7, 11) is 0. The number of hydrogen-bond donors (Lipinski definition) is 0. The molecule has 0 radical (unpaired) electrons. The molecule has 0 atom stereocenters. The number of benzene rings is 3. The Hall–Kier alpha value is -0.860. The highest BCUT2D eigenvalue weighted by molar-refractivity contribution is 9.10. The largest absolute Gasteiger partial charge is 0.0530 e. The Bertz CT molecular complexity index is 706. The number of halogens is 2. The smallest absolute Gasteiger partial charge is 0.0181 e. The zero-order valence-electron chi connectivity index (χ0n) is 10.2. The van der Waals surface area contributed by atoms with Gasteiger partial charge in [-0.05, 0) is 70.8 Å². The van der Waals surface area contributed by atoms with Crippen molar-refractivity contribution in [1.29, 1.82) is 0 Å². The summed E-state index contributed by atoms with van der Waals surface area (Å²) in [6.07, 6.45) is 0. The monoisotopic (exact) mass is 362 g/mol. The van der Waals surface area contributed by atoms with Crippen LogP contribution in [0, 0.1) is 13.8 Å². The van der Waals surface area contributed by atoms with E-state index in [1.165, 1.54) is 32.7 Å². The van der Waals surface area contributed by atoms with E-state index in [-0.39, 0.29) is 0 Å². The van der Waals surface area contributed by atoms with Crippen molar-refractivity contribution in [3.8, 4) is 0 Å². The van der Waals surface area contributed by atoms with Gasteiger partial charge < -0.3 is 0 Å². The molecule has 0 aromatic heterocycles. The molecule has 0 spiro atoms. The van der Waals surface area contributed by atoms with Crippen LogP contribution < -0.4 is 0 Å². The van der Waals surface area contributed by atoms with Gasteiger partial charge in [0.05, 0.1) is 0 Å². The Kier molecular flexibility index (Phi) is 2.95. The summed E-state index contributed by atoms with van der Waals surface area (Å²) in [5, 5.41) is 5.29. The van der Waals surface area contributed by atoms with E-state index < -0.39 is 0 Å². The number of rotatable bonds is 0. The fourth-order valence-electron chi connectivity index (χ4n) is 2.54. The molecule has 0 heterocycles. The van der Waals surface area contributed by atoms with E-state index in [4.69, 9.17) is 0 Å². The van der Waals surface area contributed by atoms with Gasteiger partial charge in [0.1, 0.15) is 0 Å². The van der Waals surface area contributed by atoms with Crippen LogP contribution in [0.5, 0.6) is 0 Å². The standard InChI is InChI=1S/C16H12Br2/c1-9-10(2)14-6-4-12(18)8-16(14)15-7-11(17)3-5-13(9)15/h3-8H,1-2H3. The molecule has 0 aliphatic heterocycles. The Morgan fingerprint density at radius 1 is 0.611 bits per heavy atom. The highest BCUT2D eigenvalue weighted by atomic mass is 79.9. The molecule has 0 nitrogen and oxygen atoms in total. The van der Waals surface area contributed by atoms with Gasteiger partial charge in [-0.2, -0.15) is 0 Å². The van der Waals surface area contributed by atoms with Crippen molar-refractivity contribution in [1.82, 2.24) is 0 Å². The van der Waals surface area contributed by atoms with Crippen LogP contribution in [0.3, 0.4) is 0 Å². The van der Waals surface area contributed by atoms with Crippen LogP contribution in [-0.4, -0.2) is 0 Å². The van der Waals surface area contributed by atoms with Gasteiger partial charge in [-0.3, -0.25) is 0 Å². The van der Waals surface area contributed by atoms with E-state index in [1.54, 1.807) is 0 Å². The van der Waals surface area contributed by atoms with Gasteiger partial charge >= 0.3 is 0 Å². The predicted octanol–water partition coefficient (Wildman–Crippen LogP) is 6.13. The van der Waals surface area contributed by atoms with Gasteiger partial charge in [-0.15, -0.1) is 0 Å². The first kappa shape index (κ1) is 12.2. The molecule has 3 rings (SSSR count). The molecule has 3 aromatic carbocycles. The van der Waals surface area contributed by atoms with Gasteiger partial charge in [0.2, 0.25) is 0 Å². The first-order valence-electron chi connectivity index (χ1n) is 5.85. The van der Waals surface area contributed by atoms with Crippen LogP contribution in [0.1, 0.15) is 11.1 Å². The van der Waals surface area contributed by atoms with Gasteiger partial charge in [0.25, 0.3) is 0 Å². The maximum atomic E-state index is 3.57. The number of fused-ring (bicyclic) bond motifs is 3. The lowest BCUT2D eigenvalue weighted by Gasteiger charge is -2.12. The second-order valence-corrected chi connectivity index (χ2v) is 6.46. The quantitative estimate of drug-likeness (QED) is 0.421. The SMILES string of the molecule is Cc1c(C)c2ccc(Br)cc2c2cc(Br)ccc12. The maximum Gasteiger partial charge on any atom is 0.0181 e. The molecule has 0 unspecified atom stereocenters. The third-order valence-electron chi connectivity index (χ3n) is 3.62. The minimum Gasteiger partial charge on any atom is -0.0530 e. The summed E-state index contributed by atoms with van der Waals surface area (Å²) in [6.45, 7) is 4.40. The summed E-state index contributed by atoms with van der Waals surface area (Å²) >= 11 is 7.14. The molecule has 90 valence electrons. The summed E-state index contributed by atoms with van der Waals surface area (Å²) < 4.78 is 2.25. The summed E-state index contributed by atoms with van der Waals surface area (Å²) in [5.41, 5.74) is 2.74. The van der Waals surface area contributed by atoms with E-state index in [0.29, 0.717) is 0 Å².